The summed E-state index contributed by atoms with van der Waals surface area (Å²) in [6.45, 7) is 6.15. The molecule has 0 aromatic heterocycles. The van der Waals surface area contributed by atoms with Crippen LogP contribution in [0.3, 0.4) is 0 Å². The second kappa shape index (κ2) is 6.67. The van der Waals surface area contributed by atoms with Crippen LogP contribution in [0, 0.1) is 5.92 Å². The van der Waals surface area contributed by atoms with E-state index in [0.717, 1.165) is 24.0 Å². The molecule has 116 valence electrons. The Hall–Kier alpha value is -1.26. The van der Waals surface area contributed by atoms with Crippen molar-refractivity contribution in [1.82, 2.24) is 10.2 Å². The summed E-state index contributed by atoms with van der Waals surface area (Å²) in [6.07, 6.45) is 3.97. The molecule has 0 amide bonds. The molecule has 1 N–H and O–H groups in total. The fraction of sp³-hybridized carbons (Fsp3) is 0.647. The van der Waals surface area contributed by atoms with E-state index in [-0.39, 0.29) is 0 Å². The molecular formula is C17H26N2O2. The Morgan fingerprint density at radius 1 is 1.24 bits per heavy atom. The van der Waals surface area contributed by atoms with Crippen molar-refractivity contribution >= 4 is 0 Å². The highest BCUT2D eigenvalue weighted by molar-refractivity contribution is 5.45. The van der Waals surface area contributed by atoms with Gasteiger partial charge in [0.05, 0.1) is 0 Å². The number of nitrogens with zero attached hydrogens (tertiary/aromatic N) is 1. The van der Waals surface area contributed by atoms with Crippen LogP contribution in [0.4, 0.5) is 0 Å². The minimum atomic E-state index is 0.344. The molecule has 0 bridgehead atoms. The molecule has 0 aliphatic carbocycles. The Bertz CT molecular complexity index is 470. The molecular weight excluding hydrogens is 264 g/mol. The lowest BCUT2D eigenvalue weighted by atomic mass is 9.93. The maximum Gasteiger partial charge on any atom is 0.231 e. The van der Waals surface area contributed by atoms with Crippen LogP contribution in [-0.4, -0.2) is 38.4 Å². The molecule has 1 unspecified atom stereocenters. The van der Waals surface area contributed by atoms with Crippen LogP contribution >= 0.6 is 0 Å². The molecule has 2 aliphatic heterocycles. The van der Waals surface area contributed by atoms with Gasteiger partial charge in [0.2, 0.25) is 6.79 Å². The van der Waals surface area contributed by atoms with Gasteiger partial charge in [-0.2, -0.15) is 0 Å². The number of rotatable bonds is 5. The molecule has 1 atom stereocenters. The van der Waals surface area contributed by atoms with Gasteiger partial charge in [0.1, 0.15) is 0 Å². The van der Waals surface area contributed by atoms with Crippen LogP contribution in [0.15, 0.2) is 18.2 Å². The molecule has 1 saturated heterocycles. The average Bonchev–Trinajstić information content (AvgIpc) is 2.96. The van der Waals surface area contributed by atoms with E-state index in [0.29, 0.717) is 12.8 Å². The van der Waals surface area contributed by atoms with Gasteiger partial charge in [-0.15, -0.1) is 0 Å². The van der Waals surface area contributed by atoms with E-state index < -0.39 is 0 Å². The predicted octanol–water partition coefficient (Wildman–Crippen LogP) is 2.80. The second-order valence-corrected chi connectivity index (χ2v) is 6.32. The Morgan fingerprint density at radius 2 is 2.00 bits per heavy atom. The summed E-state index contributed by atoms with van der Waals surface area (Å²) in [4.78, 5) is 2.43. The predicted molar refractivity (Wildman–Crippen MR) is 83.8 cm³/mol. The number of nitrogens with one attached hydrogen (secondary N) is 1. The van der Waals surface area contributed by atoms with E-state index in [1.807, 2.05) is 6.07 Å². The summed E-state index contributed by atoms with van der Waals surface area (Å²) in [7, 11) is 2.22. The smallest absolute Gasteiger partial charge is 0.231 e. The molecule has 2 aliphatic rings. The number of likely N-dealkylation sites (tertiary alicyclic amines) is 1. The lowest BCUT2D eigenvalue weighted by Crippen LogP contribution is -2.32. The molecule has 1 aromatic rings. The first kappa shape index (κ1) is 14.7. The number of hydrogen-bond acceptors (Lipinski definition) is 4. The lowest BCUT2D eigenvalue weighted by molar-refractivity contribution is 0.174. The largest absolute Gasteiger partial charge is 0.454 e. The number of piperidine rings is 1. The van der Waals surface area contributed by atoms with Gasteiger partial charge in [-0.3, -0.25) is 0 Å². The highest BCUT2D eigenvalue weighted by Gasteiger charge is 2.18. The summed E-state index contributed by atoms with van der Waals surface area (Å²) < 4.78 is 10.8. The zero-order valence-corrected chi connectivity index (χ0v) is 13.1. The van der Waals surface area contributed by atoms with Crippen molar-refractivity contribution in [2.45, 2.75) is 32.2 Å². The van der Waals surface area contributed by atoms with Gasteiger partial charge in [0, 0.05) is 6.04 Å². The summed E-state index contributed by atoms with van der Waals surface area (Å²) >= 11 is 0. The summed E-state index contributed by atoms with van der Waals surface area (Å²) in [5, 5.41) is 3.64. The first-order valence-corrected chi connectivity index (χ1v) is 8.04. The van der Waals surface area contributed by atoms with Gasteiger partial charge in [0.25, 0.3) is 0 Å². The number of benzene rings is 1. The van der Waals surface area contributed by atoms with Gasteiger partial charge < -0.3 is 19.7 Å². The quantitative estimate of drug-likeness (QED) is 0.904. The van der Waals surface area contributed by atoms with Gasteiger partial charge in [-0.05, 0) is 76.5 Å². The Labute approximate surface area is 127 Å². The van der Waals surface area contributed by atoms with Gasteiger partial charge in [-0.1, -0.05) is 6.07 Å². The Balaban J connectivity index is 1.45. The molecule has 1 fully saturated rings. The molecule has 4 nitrogen and oxygen atoms in total. The number of fused-ring (bicyclic) bond motifs is 1. The highest BCUT2D eigenvalue weighted by atomic mass is 16.7. The van der Waals surface area contributed by atoms with Crippen LogP contribution in [-0.2, 0) is 0 Å². The van der Waals surface area contributed by atoms with Crippen molar-refractivity contribution in [3.63, 3.8) is 0 Å². The van der Waals surface area contributed by atoms with Crippen molar-refractivity contribution in [3.8, 4) is 11.5 Å². The number of ether oxygens (including phenoxy) is 2. The molecule has 0 radical (unpaired) electrons. The SMILES string of the molecule is CC(NCCC1CCN(C)CC1)c1ccc2c(c1)OCO2. The minimum absolute atomic E-state index is 0.344. The van der Waals surface area contributed by atoms with Crippen LogP contribution < -0.4 is 14.8 Å². The first-order valence-electron chi connectivity index (χ1n) is 8.04. The van der Waals surface area contributed by atoms with Crippen molar-refractivity contribution in [2.75, 3.05) is 33.5 Å². The standard InChI is InChI=1S/C17H26N2O2/c1-13(15-3-4-16-17(11-15)21-12-20-16)18-8-5-14-6-9-19(2)10-7-14/h3-4,11,13-14,18H,5-10,12H2,1-2H3. The lowest BCUT2D eigenvalue weighted by Gasteiger charge is -2.29. The highest BCUT2D eigenvalue weighted by Crippen LogP contribution is 2.34. The van der Waals surface area contributed by atoms with Gasteiger partial charge in [-0.25, -0.2) is 0 Å². The van der Waals surface area contributed by atoms with Crippen molar-refractivity contribution in [3.05, 3.63) is 23.8 Å². The Morgan fingerprint density at radius 3 is 2.81 bits per heavy atom. The van der Waals surface area contributed by atoms with E-state index >= 15 is 0 Å². The van der Waals surface area contributed by atoms with E-state index in [4.69, 9.17) is 9.47 Å². The topological polar surface area (TPSA) is 33.7 Å². The molecule has 4 heteroatoms. The van der Waals surface area contributed by atoms with Crippen LogP contribution in [0.25, 0.3) is 0 Å². The van der Waals surface area contributed by atoms with Crippen molar-refractivity contribution in [1.29, 1.82) is 0 Å². The van der Waals surface area contributed by atoms with Crippen molar-refractivity contribution in [2.24, 2.45) is 5.92 Å². The third-order valence-electron chi connectivity index (χ3n) is 4.74. The second-order valence-electron chi connectivity index (χ2n) is 6.32. The van der Waals surface area contributed by atoms with Gasteiger partial charge in [0.15, 0.2) is 11.5 Å². The third kappa shape index (κ3) is 3.69. The van der Waals surface area contributed by atoms with E-state index in [1.165, 1.54) is 37.9 Å². The van der Waals surface area contributed by atoms with E-state index in [1.54, 1.807) is 0 Å². The van der Waals surface area contributed by atoms with Crippen molar-refractivity contribution < 1.29 is 9.47 Å². The summed E-state index contributed by atoms with van der Waals surface area (Å²) in [5.74, 6) is 2.62. The van der Waals surface area contributed by atoms with Crippen LogP contribution in [0.1, 0.15) is 37.8 Å². The maximum absolute atomic E-state index is 5.44. The monoisotopic (exact) mass is 290 g/mol. The van der Waals surface area contributed by atoms with Crippen LogP contribution in [0.2, 0.25) is 0 Å². The molecule has 1 aromatic carbocycles. The molecule has 3 rings (SSSR count). The molecule has 0 saturated carbocycles. The molecule has 2 heterocycles. The minimum Gasteiger partial charge on any atom is -0.454 e. The first-order chi connectivity index (χ1) is 10.2. The zero-order chi connectivity index (χ0) is 14.7. The van der Waals surface area contributed by atoms with E-state index in [2.05, 4.69) is 36.3 Å². The average molecular weight is 290 g/mol. The van der Waals surface area contributed by atoms with E-state index in [9.17, 15) is 0 Å². The van der Waals surface area contributed by atoms with Gasteiger partial charge >= 0.3 is 0 Å². The molecule has 0 spiro atoms. The Kier molecular flexibility index (Phi) is 4.66. The summed E-state index contributed by atoms with van der Waals surface area (Å²) in [6, 6.07) is 6.58. The normalized spacial score (nSPS) is 20.7. The molecule has 21 heavy (non-hydrogen) atoms. The maximum atomic E-state index is 5.44. The number of hydrogen-bond donors (Lipinski definition) is 1. The fourth-order valence-electron chi connectivity index (χ4n) is 3.16. The van der Waals surface area contributed by atoms with Crippen LogP contribution in [0.5, 0.6) is 11.5 Å². The third-order valence-corrected chi connectivity index (χ3v) is 4.74. The zero-order valence-electron chi connectivity index (χ0n) is 13.1. The fourth-order valence-corrected chi connectivity index (χ4v) is 3.16. The summed E-state index contributed by atoms with van der Waals surface area (Å²) in [5.41, 5.74) is 1.27.